The second-order valence-corrected chi connectivity index (χ2v) is 26.7. The maximum atomic E-state index is 13.3. The Morgan fingerprint density at radius 3 is 1.01 bits per heavy atom. The first-order valence-corrected chi connectivity index (χ1v) is 37.6. The molecule has 0 aromatic heterocycles. The zero-order valence-corrected chi connectivity index (χ0v) is 56.1. The summed E-state index contributed by atoms with van der Waals surface area (Å²) in [5, 5.41) is 76.6. The lowest BCUT2D eigenvalue weighted by molar-refractivity contribution is -0.303. The maximum Gasteiger partial charge on any atom is 0.249 e. The van der Waals surface area contributed by atoms with Crippen LogP contribution in [-0.2, 0) is 14.3 Å². The lowest BCUT2D eigenvalue weighted by Crippen LogP contribution is -2.60. The lowest BCUT2D eigenvalue weighted by Gasteiger charge is -2.40. The molecule has 1 saturated heterocycles. The normalized spacial score (nSPS) is 18.8. The maximum absolute atomic E-state index is 13.3. The van der Waals surface area contributed by atoms with Gasteiger partial charge in [0.25, 0.3) is 0 Å². The highest BCUT2D eigenvalue weighted by Crippen LogP contribution is 2.24. The number of hydrogen-bond acceptors (Lipinski definition) is 10. The van der Waals surface area contributed by atoms with Gasteiger partial charge in [0.15, 0.2) is 6.29 Å². The summed E-state index contributed by atoms with van der Waals surface area (Å²) in [6.45, 7) is 3.52. The Morgan fingerprint density at radius 2 is 0.694 bits per heavy atom. The van der Waals surface area contributed by atoms with Crippen molar-refractivity contribution in [2.75, 3.05) is 13.2 Å². The summed E-state index contributed by atoms with van der Waals surface area (Å²) in [7, 11) is 0. The number of allylic oxidation sites excluding steroid dienone is 2. The standard InChI is InChI=1S/C74H145NO10/c1-3-5-7-9-11-13-15-17-19-21-23-25-27-29-31-33-35-37-39-41-43-45-47-49-51-53-55-57-59-61-66(77)69(79)65(64-84-74-72(82)71(81)70(80)68(63-76)85-74)75-73(83)67(78)62-60-58-56-54-52-50-48-46-44-42-40-38-36-34-32-30-28-26-24-22-20-18-16-14-12-10-8-6-4-2/h53,55,65-72,74,76-82H,3-52,54,56-64H2,1-2H3,(H,75,83)/b55-53+. The van der Waals surface area contributed by atoms with Gasteiger partial charge in [0.2, 0.25) is 5.91 Å². The van der Waals surface area contributed by atoms with Crippen LogP contribution in [0.15, 0.2) is 12.2 Å². The minimum absolute atomic E-state index is 0.260. The van der Waals surface area contributed by atoms with Gasteiger partial charge in [-0.1, -0.05) is 360 Å². The smallest absolute Gasteiger partial charge is 0.249 e. The molecule has 1 amide bonds. The first-order chi connectivity index (χ1) is 41.7. The summed E-state index contributed by atoms with van der Waals surface area (Å²) in [5.74, 6) is -0.697. The molecule has 0 radical (unpaired) electrons. The van der Waals surface area contributed by atoms with Crippen molar-refractivity contribution < 1.29 is 50.0 Å². The SMILES string of the molecule is CCCCCCCCCCCCCCCCCCCCCCCCCC/C=C/CCCC(O)C(O)C(COC1OC(CO)C(O)C(O)C1O)NC(=O)C(O)CCCCCCCCCCCCCCCCCCCCCCCCCCCCCCC. The Bertz CT molecular complexity index is 1390. The topological polar surface area (TPSA) is 189 Å². The van der Waals surface area contributed by atoms with Crippen molar-refractivity contribution in [1.29, 1.82) is 0 Å². The molecule has 11 heteroatoms. The summed E-state index contributed by atoms with van der Waals surface area (Å²) in [6.07, 6.45) is 67.5. The number of carbonyl (C=O) groups is 1. The fourth-order valence-corrected chi connectivity index (χ4v) is 12.6. The van der Waals surface area contributed by atoms with Gasteiger partial charge in [0.05, 0.1) is 25.4 Å². The number of amides is 1. The Balaban J connectivity index is 2.17. The molecule has 0 bridgehead atoms. The van der Waals surface area contributed by atoms with Gasteiger partial charge in [0, 0.05) is 0 Å². The Hall–Kier alpha value is -1.15. The zero-order valence-electron chi connectivity index (χ0n) is 56.1. The number of aliphatic hydroxyl groups excluding tert-OH is 7. The van der Waals surface area contributed by atoms with Gasteiger partial charge >= 0.3 is 0 Å². The molecule has 0 saturated carbocycles. The van der Waals surface area contributed by atoms with Crippen LogP contribution in [-0.4, -0.2) is 110 Å². The van der Waals surface area contributed by atoms with Gasteiger partial charge in [-0.05, 0) is 38.5 Å². The number of aliphatic hydroxyl groups is 7. The van der Waals surface area contributed by atoms with Crippen LogP contribution in [0.25, 0.3) is 0 Å². The van der Waals surface area contributed by atoms with Gasteiger partial charge in [-0.15, -0.1) is 0 Å². The molecule has 11 nitrogen and oxygen atoms in total. The number of nitrogens with one attached hydrogen (secondary N) is 1. The quantitative estimate of drug-likeness (QED) is 0.0215. The zero-order chi connectivity index (χ0) is 61.7. The molecule has 1 heterocycles. The fraction of sp³-hybridized carbons (Fsp3) is 0.959. The number of carbonyl (C=O) groups excluding carboxylic acids is 1. The highest BCUT2D eigenvalue weighted by molar-refractivity contribution is 5.80. The average molecular weight is 1210 g/mol. The second-order valence-electron chi connectivity index (χ2n) is 26.7. The van der Waals surface area contributed by atoms with Crippen molar-refractivity contribution in [3.63, 3.8) is 0 Å². The average Bonchev–Trinajstić information content (AvgIpc) is 3.71. The first-order valence-electron chi connectivity index (χ1n) is 37.6. The van der Waals surface area contributed by atoms with Gasteiger partial charge < -0.3 is 50.5 Å². The molecule has 0 aliphatic carbocycles. The van der Waals surface area contributed by atoms with E-state index in [0.29, 0.717) is 12.8 Å². The van der Waals surface area contributed by atoms with E-state index in [1.165, 1.54) is 315 Å². The Kier molecular flexibility index (Phi) is 60.7. The molecular formula is C74H145NO10. The third kappa shape index (κ3) is 50.2. The molecule has 0 aromatic rings. The van der Waals surface area contributed by atoms with E-state index in [1.54, 1.807) is 0 Å². The monoisotopic (exact) mass is 1210 g/mol. The first kappa shape index (κ1) is 81.9. The summed E-state index contributed by atoms with van der Waals surface area (Å²) >= 11 is 0. The molecule has 9 atom stereocenters. The summed E-state index contributed by atoms with van der Waals surface area (Å²) in [4.78, 5) is 13.3. The van der Waals surface area contributed by atoms with E-state index in [1.807, 2.05) is 0 Å². The van der Waals surface area contributed by atoms with Crippen LogP contribution in [0.5, 0.6) is 0 Å². The molecule has 85 heavy (non-hydrogen) atoms. The minimum atomic E-state index is -1.67. The molecule has 0 aromatic carbocycles. The highest BCUT2D eigenvalue weighted by atomic mass is 16.7. The second kappa shape index (κ2) is 63.0. The van der Waals surface area contributed by atoms with Gasteiger partial charge in [-0.25, -0.2) is 0 Å². The summed E-state index contributed by atoms with van der Waals surface area (Å²) in [5.41, 5.74) is 0. The largest absolute Gasteiger partial charge is 0.394 e. The number of rotatable bonds is 67. The van der Waals surface area contributed by atoms with E-state index in [0.717, 1.165) is 32.1 Å². The fourth-order valence-electron chi connectivity index (χ4n) is 12.6. The van der Waals surface area contributed by atoms with E-state index in [-0.39, 0.29) is 12.8 Å². The van der Waals surface area contributed by atoms with Crippen LogP contribution in [0.1, 0.15) is 386 Å². The van der Waals surface area contributed by atoms with Crippen LogP contribution in [0.3, 0.4) is 0 Å². The summed E-state index contributed by atoms with van der Waals surface area (Å²) < 4.78 is 11.2. The van der Waals surface area contributed by atoms with Crippen molar-refractivity contribution in [2.45, 2.75) is 441 Å². The molecule has 1 fully saturated rings. The van der Waals surface area contributed by atoms with E-state index in [4.69, 9.17) is 9.47 Å². The van der Waals surface area contributed by atoms with Gasteiger partial charge in [-0.2, -0.15) is 0 Å². The minimum Gasteiger partial charge on any atom is -0.394 e. The highest BCUT2D eigenvalue weighted by Gasteiger charge is 2.44. The molecule has 506 valence electrons. The van der Waals surface area contributed by atoms with Gasteiger partial charge in [-0.3, -0.25) is 4.79 Å². The molecule has 0 spiro atoms. The van der Waals surface area contributed by atoms with Crippen molar-refractivity contribution in [1.82, 2.24) is 5.32 Å². The Morgan fingerprint density at radius 1 is 0.400 bits per heavy atom. The third-order valence-electron chi connectivity index (χ3n) is 18.6. The molecule has 1 aliphatic heterocycles. The van der Waals surface area contributed by atoms with Crippen molar-refractivity contribution in [3.05, 3.63) is 12.2 Å². The van der Waals surface area contributed by atoms with E-state index in [2.05, 4.69) is 31.3 Å². The van der Waals surface area contributed by atoms with Crippen LogP contribution in [0.4, 0.5) is 0 Å². The predicted octanol–water partition coefficient (Wildman–Crippen LogP) is 18.6. The molecule has 1 aliphatic rings. The van der Waals surface area contributed by atoms with E-state index in [9.17, 15) is 40.5 Å². The number of unbranched alkanes of at least 4 members (excludes halogenated alkanes) is 53. The van der Waals surface area contributed by atoms with E-state index < -0.39 is 74.2 Å². The Labute approximate surface area is 525 Å². The van der Waals surface area contributed by atoms with Crippen molar-refractivity contribution in [3.8, 4) is 0 Å². The van der Waals surface area contributed by atoms with Crippen LogP contribution in [0, 0.1) is 0 Å². The molecular weight excluding hydrogens is 1060 g/mol. The van der Waals surface area contributed by atoms with Gasteiger partial charge in [0.1, 0.15) is 36.6 Å². The molecule has 9 unspecified atom stereocenters. The van der Waals surface area contributed by atoms with E-state index >= 15 is 0 Å². The van der Waals surface area contributed by atoms with Crippen LogP contribution < -0.4 is 5.32 Å². The molecule has 1 rings (SSSR count). The molecule has 8 N–H and O–H groups in total. The third-order valence-corrected chi connectivity index (χ3v) is 18.6. The van der Waals surface area contributed by atoms with Crippen molar-refractivity contribution in [2.24, 2.45) is 0 Å². The predicted molar refractivity (Wildman–Crippen MR) is 358 cm³/mol. The summed E-state index contributed by atoms with van der Waals surface area (Å²) in [6, 6.07) is -1.18. The number of ether oxygens (including phenoxy) is 2. The number of hydrogen-bond donors (Lipinski definition) is 8. The van der Waals surface area contributed by atoms with Crippen LogP contribution in [0.2, 0.25) is 0 Å². The lowest BCUT2D eigenvalue weighted by atomic mass is 9.98. The van der Waals surface area contributed by atoms with Crippen molar-refractivity contribution >= 4 is 5.91 Å². The van der Waals surface area contributed by atoms with Crippen LogP contribution >= 0.6 is 0 Å².